The number of aliphatic imine (C=N–C) groups is 2. The summed E-state index contributed by atoms with van der Waals surface area (Å²) in [5.41, 5.74) is 1.01. The standard InChI is InChI=1S/C18H21N5O5/c1-26-14-7-16-15(27-11-28-16)6-12(14)21-17(24)9-22-2-4-23(5-3-22)18(25)13-8-19-10-20-13/h6-7,10H,2-5,8-9,11H2,1H3,(H,21,24). The van der Waals surface area contributed by atoms with E-state index in [9.17, 15) is 9.59 Å². The van der Waals surface area contributed by atoms with Crippen LogP contribution in [0.2, 0.25) is 0 Å². The van der Waals surface area contributed by atoms with Crippen LogP contribution in [0.3, 0.4) is 0 Å². The van der Waals surface area contributed by atoms with Crippen LogP contribution < -0.4 is 19.5 Å². The van der Waals surface area contributed by atoms with E-state index in [-0.39, 0.29) is 25.2 Å². The Labute approximate surface area is 161 Å². The minimum Gasteiger partial charge on any atom is -0.494 e. The summed E-state index contributed by atoms with van der Waals surface area (Å²) in [6, 6.07) is 3.39. The topological polar surface area (TPSA) is 105 Å². The van der Waals surface area contributed by atoms with Gasteiger partial charge in [0.05, 0.1) is 25.9 Å². The Bertz CT molecular complexity index is 845. The van der Waals surface area contributed by atoms with Gasteiger partial charge in [-0.2, -0.15) is 0 Å². The molecular formula is C18H21N5O5. The van der Waals surface area contributed by atoms with Crippen molar-refractivity contribution in [3.63, 3.8) is 0 Å². The minimum absolute atomic E-state index is 0.0771. The molecule has 4 rings (SSSR count). The highest BCUT2D eigenvalue weighted by Crippen LogP contribution is 2.40. The lowest BCUT2D eigenvalue weighted by molar-refractivity contribution is -0.126. The Balaban J connectivity index is 1.30. The monoisotopic (exact) mass is 387 g/mol. The van der Waals surface area contributed by atoms with Crippen molar-refractivity contribution in [1.82, 2.24) is 9.80 Å². The Kier molecular flexibility index (Phi) is 5.11. The zero-order valence-corrected chi connectivity index (χ0v) is 15.5. The van der Waals surface area contributed by atoms with Gasteiger partial charge >= 0.3 is 0 Å². The molecule has 0 unspecified atom stereocenters. The van der Waals surface area contributed by atoms with Crippen LogP contribution in [0, 0.1) is 0 Å². The van der Waals surface area contributed by atoms with Crippen LogP contribution in [0.1, 0.15) is 0 Å². The molecule has 0 saturated carbocycles. The van der Waals surface area contributed by atoms with E-state index in [1.54, 1.807) is 17.0 Å². The molecule has 1 N–H and O–H groups in total. The maximum Gasteiger partial charge on any atom is 0.270 e. The fraction of sp³-hybridized carbons (Fsp3) is 0.444. The number of hydrogen-bond donors (Lipinski definition) is 1. The number of carbonyl (C=O) groups is 2. The van der Waals surface area contributed by atoms with E-state index in [0.717, 1.165) is 0 Å². The van der Waals surface area contributed by atoms with Gasteiger partial charge < -0.3 is 24.4 Å². The van der Waals surface area contributed by atoms with Gasteiger partial charge in [-0.25, -0.2) is 4.99 Å². The van der Waals surface area contributed by atoms with Gasteiger partial charge in [-0.1, -0.05) is 0 Å². The van der Waals surface area contributed by atoms with Crippen LogP contribution >= 0.6 is 0 Å². The second-order valence-corrected chi connectivity index (χ2v) is 6.55. The van der Waals surface area contributed by atoms with Crippen LogP contribution in [0.25, 0.3) is 0 Å². The number of amides is 2. The van der Waals surface area contributed by atoms with E-state index in [1.165, 1.54) is 13.4 Å². The number of piperazine rings is 1. The average Bonchev–Trinajstić information content (AvgIpc) is 3.39. The summed E-state index contributed by atoms with van der Waals surface area (Å²) in [6.45, 7) is 3.06. The molecule has 0 radical (unpaired) electrons. The number of benzene rings is 1. The van der Waals surface area contributed by atoms with Crippen LogP contribution in [0.5, 0.6) is 17.2 Å². The molecule has 10 nitrogen and oxygen atoms in total. The van der Waals surface area contributed by atoms with Crippen molar-refractivity contribution >= 4 is 29.6 Å². The Morgan fingerprint density at radius 3 is 2.61 bits per heavy atom. The molecule has 2 amide bonds. The molecular weight excluding hydrogens is 366 g/mol. The zero-order chi connectivity index (χ0) is 19.5. The SMILES string of the molecule is COc1cc2c(cc1NC(=O)CN1CCN(C(=O)C3=NC=NC3)CC1)OCO2. The summed E-state index contributed by atoms with van der Waals surface area (Å²) in [5.74, 6) is 1.43. The second kappa shape index (κ2) is 7.85. The van der Waals surface area contributed by atoms with Crippen molar-refractivity contribution in [1.29, 1.82) is 0 Å². The first-order chi connectivity index (χ1) is 13.6. The van der Waals surface area contributed by atoms with E-state index in [2.05, 4.69) is 15.3 Å². The van der Waals surface area contributed by atoms with Gasteiger partial charge in [0, 0.05) is 38.3 Å². The minimum atomic E-state index is -0.162. The Morgan fingerprint density at radius 2 is 1.93 bits per heavy atom. The molecule has 0 aromatic heterocycles. The predicted octanol–water partition coefficient (Wildman–Crippen LogP) is -0.0105. The van der Waals surface area contributed by atoms with Gasteiger partial charge in [-0.3, -0.25) is 19.5 Å². The highest BCUT2D eigenvalue weighted by molar-refractivity contribution is 6.41. The van der Waals surface area contributed by atoms with Gasteiger partial charge in [0.15, 0.2) is 11.5 Å². The first-order valence-corrected chi connectivity index (χ1v) is 8.98. The molecule has 0 spiro atoms. The number of carbonyl (C=O) groups excluding carboxylic acids is 2. The number of nitrogens with one attached hydrogen (secondary N) is 1. The lowest BCUT2D eigenvalue weighted by Crippen LogP contribution is -2.52. The van der Waals surface area contributed by atoms with E-state index in [1.807, 2.05) is 4.90 Å². The third kappa shape index (κ3) is 3.77. The first-order valence-electron chi connectivity index (χ1n) is 8.98. The number of methoxy groups -OCH3 is 1. The molecule has 1 aromatic rings. The summed E-state index contributed by atoms with van der Waals surface area (Å²) in [4.78, 5) is 36.5. The number of anilines is 1. The fourth-order valence-corrected chi connectivity index (χ4v) is 3.28. The number of hydrogen-bond acceptors (Lipinski definition) is 8. The number of rotatable bonds is 5. The summed E-state index contributed by atoms with van der Waals surface area (Å²) >= 11 is 0. The van der Waals surface area contributed by atoms with Crippen molar-refractivity contribution in [3.05, 3.63) is 12.1 Å². The third-order valence-electron chi connectivity index (χ3n) is 4.78. The van der Waals surface area contributed by atoms with Gasteiger partial charge in [0.1, 0.15) is 17.8 Å². The lowest BCUT2D eigenvalue weighted by atomic mass is 10.2. The highest BCUT2D eigenvalue weighted by atomic mass is 16.7. The van der Waals surface area contributed by atoms with Crippen molar-refractivity contribution in [2.75, 3.05) is 58.5 Å². The molecule has 10 heteroatoms. The summed E-state index contributed by atoms with van der Waals surface area (Å²) in [7, 11) is 1.53. The second-order valence-electron chi connectivity index (χ2n) is 6.55. The first kappa shape index (κ1) is 18.2. The van der Waals surface area contributed by atoms with Crippen LogP contribution in [-0.2, 0) is 9.59 Å². The molecule has 0 atom stereocenters. The average molecular weight is 387 g/mol. The molecule has 1 saturated heterocycles. The van der Waals surface area contributed by atoms with Crippen molar-refractivity contribution in [2.24, 2.45) is 9.98 Å². The molecule has 1 fully saturated rings. The maximum atomic E-state index is 12.5. The lowest BCUT2D eigenvalue weighted by Gasteiger charge is -2.34. The van der Waals surface area contributed by atoms with Crippen LogP contribution in [0.15, 0.2) is 22.1 Å². The fourth-order valence-electron chi connectivity index (χ4n) is 3.28. The maximum absolute atomic E-state index is 12.5. The predicted molar refractivity (Wildman–Crippen MR) is 102 cm³/mol. The van der Waals surface area contributed by atoms with Gasteiger partial charge in [0.25, 0.3) is 5.91 Å². The Morgan fingerprint density at radius 1 is 1.18 bits per heavy atom. The molecule has 28 heavy (non-hydrogen) atoms. The normalized spacial score (nSPS) is 18.2. The number of fused-ring (bicyclic) bond motifs is 1. The molecule has 0 bridgehead atoms. The molecule has 3 heterocycles. The van der Waals surface area contributed by atoms with E-state index >= 15 is 0 Å². The van der Waals surface area contributed by atoms with E-state index in [4.69, 9.17) is 14.2 Å². The molecule has 148 valence electrons. The smallest absolute Gasteiger partial charge is 0.270 e. The zero-order valence-electron chi connectivity index (χ0n) is 15.5. The van der Waals surface area contributed by atoms with Crippen LogP contribution in [-0.4, -0.2) is 86.8 Å². The third-order valence-corrected chi connectivity index (χ3v) is 4.78. The summed E-state index contributed by atoms with van der Waals surface area (Å²) in [5, 5.41) is 2.86. The largest absolute Gasteiger partial charge is 0.494 e. The van der Waals surface area contributed by atoms with Gasteiger partial charge in [-0.15, -0.1) is 0 Å². The molecule has 0 aliphatic carbocycles. The highest BCUT2D eigenvalue weighted by Gasteiger charge is 2.26. The molecule has 3 aliphatic rings. The summed E-state index contributed by atoms with van der Waals surface area (Å²) < 4.78 is 16.0. The van der Waals surface area contributed by atoms with Crippen molar-refractivity contribution in [2.45, 2.75) is 0 Å². The summed E-state index contributed by atoms with van der Waals surface area (Å²) in [6.07, 6.45) is 1.41. The van der Waals surface area contributed by atoms with Crippen molar-refractivity contribution < 1.29 is 23.8 Å². The quantitative estimate of drug-likeness (QED) is 0.762. The van der Waals surface area contributed by atoms with Gasteiger partial charge in [0.2, 0.25) is 12.7 Å². The molecule has 1 aromatic carbocycles. The van der Waals surface area contributed by atoms with E-state index < -0.39 is 0 Å². The van der Waals surface area contributed by atoms with Crippen molar-refractivity contribution in [3.8, 4) is 17.2 Å². The van der Waals surface area contributed by atoms with Crippen LogP contribution in [0.4, 0.5) is 5.69 Å². The van der Waals surface area contributed by atoms with Gasteiger partial charge in [-0.05, 0) is 0 Å². The van der Waals surface area contributed by atoms with E-state index in [0.29, 0.717) is 61.4 Å². The Hall–Kier alpha value is -3.14. The number of nitrogens with zero attached hydrogens (tertiary/aromatic N) is 4. The number of ether oxygens (including phenoxy) is 3. The molecule has 3 aliphatic heterocycles.